The molecule has 0 bridgehead atoms. The molecule has 0 fully saturated rings. The van der Waals surface area contributed by atoms with Crippen LogP contribution in [0.25, 0.3) is 0 Å². The first-order chi connectivity index (χ1) is 12.1. The summed E-state index contributed by atoms with van der Waals surface area (Å²) in [4.78, 5) is 12.5. The summed E-state index contributed by atoms with van der Waals surface area (Å²) in [6.07, 6.45) is 1.95. The number of H-pyrrole nitrogens is 1. The molecule has 2 heterocycles. The highest BCUT2D eigenvalue weighted by atomic mass is 35.5. The van der Waals surface area contributed by atoms with Crippen molar-refractivity contribution < 1.29 is 9.53 Å². The van der Waals surface area contributed by atoms with Crippen molar-refractivity contribution in [1.82, 2.24) is 20.8 Å². The summed E-state index contributed by atoms with van der Waals surface area (Å²) in [6, 6.07) is 6.06. The summed E-state index contributed by atoms with van der Waals surface area (Å²) in [5.41, 5.74) is 4.63. The van der Waals surface area contributed by atoms with Crippen molar-refractivity contribution in [2.75, 3.05) is 6.54 Å². The highest BCUT2D eigenvalue weighted by molar-refractivity contribution is 5.94. The number of carbonyl (C=O) groups is 1. The summed E-state index contributed by atoms with van der Waals surface area (Å²) < 4.78 is 6.01. The zero-order chi connectivity index (χ0) is 17.8. The molecule has 142 valence electrons. The van der Waals surface area contributed by atoms with Gasteiger partial charge in [-0.05, 0) is 31.9 Å². The molecule has 7 heteroatoms. The van der Waals surface area contributed by atoms with Gasteiger partial charge in [-0.25, -0.2) is 0 Å². The topological polar surface area (TPSA) is 79.0 Å². The molecule has 3 N–H and O–H groups in total. The number of ether oxygens (including phenoxy) is 1. The molecule has 26 heavy (non-hydrogen) atoms. The lowest BCUT2D eigenvalue weighted by Gasteiger charge is -2.17. The van der Waals surface area contributed by atoms with E-state index < -0.39 is 0 Å². The lowest BCUT2D eigenvalue weighted by molar-refractivity contribution is 0.0944. The normalized spacial score (nSPS) is 14.1. The van der Waals surface area contributed by atoms with Crippen LogP contribution in [0.2, 0.25) is 0 Å². The average Bonchev–Trinajstić information content (AvgIpc) is 3.05. The van der Waals surface area contributed by atoms with Crippen LogP contribution in [0.4, 0.5) is 0 Å². The van der Waals surface area contributed by atoms with Gasteiger partial charge in [0.1, 0.15) is 5.75 Å². The van der Waals surface area contributed by atoms with E-state index >= 15 is 0 Å². The SMILES string of the molecule is CCC(C)Oc1cc(C)ccc1CNC(=O)c1n[nH]c2c1CNCC2.Cl. The van der Waals surface area contributed by atoms with Crippen LogP contribution in [0.15, 0.2) is 18.2 Å². The van der Waals surface area contributed by atoms with Gasteiger partial charge >= 0.3 is 0 Å². The second-order valence-electron chi connectivity index (χ2n) is 6.59. The van der Waals surface area contributed by atoms with E-state index in [0.717, 1.165) is 47.5 Å². The number of nitrogens with one attached hydrogen (secondary N) is 3. The number of aromatic amines is 1. The van der Waals surface area contributed by atoms with Gasteiger partial charge in [-0.2, -0.15) is 5.10 Å². The first-order valence-electron chi connectivity index (χ1n) is 8.89. The number of rotatable bonds is 6. The Morgan fingerprint density at radius 3 is 3.00 bits per heavy atom. The van der Waals surface area contributed by atoms with Crippen molar-refractivity contribution in [2.45, 2.75) is 52.8 Å². The van der Waals surface area contributed by atoms with Crippen molar-refractivity contribution in [3.63, 3.8) is 0 Å². The first kappa shape index (κ1) is 20.3. The molecule has 1 atom stereocenters. The summed E-state index contributed by atoms with van der Waals surface area (Å²) >= 11 is 0. The van der Waals surface area contributed by atoms with Crippen LogP contribution in [-0.2, 0) is 19.5 Å². The largest absolute Gasteiger partial charge is 0.490 e. The van der Waals surface area contributed by atoms with E-state index in [1.165, 1.54) is 0 Å². The third-order valence-corrected chi connectivity index (χ3v) is 4.59. The Morgan fingerprint density at radius 2 is 2.23 bits per heavy atom. The van der Waals surface area contributed by atoms with Crippen molar-refractivity contribution >= 4 is 18.3 Å². The Balaban J connectivity index is 0.00000243. The summed E-state index contributed by atoms with van der Waals surface area (Å²) in [5, 5.41) is 13.4. The molecule has 1 aromatic heterocycles. The van der Waals surface area contributed by atoms with Gasteiger partial charge in [-0.15, -0.1) is 12.4 Å². The number of benzene rings is 1. The van der Waals surface area contributed by atoms with E-state index in [2.05, 4.69) is 27.8 Å². The molecule has 0 aliphatic carbocycles. The highest BCUT2D eigenvalue weighted by Gasteiger charge is 2.21. The average molecular weight is 379 g/mol. The van der Waals surface area contributed by atoms with Crippen LogP contribution in [0.1, 0.15) is 53.1 Å². The monoisotopic (exact) mass is 378 g/mol. The standard InChI is InChI=1S/C19H26N4O2.ClH/c1-4-13(3)25-17-9-12(2)5-6-14(17)10-21-19(24)18-15-11-20-8-7-16(15)22-23-18;/h5-6,9,13,20H,4,7-8,10-11H2,1-3H3,(H,21,24)(H,22,23);1H. The van der Waals surface area contributed by atoms with Gasteiger partial charge in [0, 0.05) is 42.9 Å². The van der Waals surface area contributed by atoms with E-state index in [9.17, 15) is 4.79 Å². The van der Waals surface area contributed by atoms with Gasteiger partial charge < -0.3 is 15.4 Å². The maximum Gasteiger partial charge on any atom is 0.272 e. The Labute approximate surface area is 160 Å². The second-order valence-corrected chi connectivity index (χ2v) is 6.59. The molecule has 1 aliphatic heterocycles. The molecule has 0 radical (unpaired) electrons. The fraction of sp³-hybridized carbons (Fsp3) is 0.474. The summed E-state index contributed by atoms with van der Waals surface area (Å²) in [5.74, 6) is 0.677. The predicted molar refractivity (Wildman–Crippen MR) is 104 cm³/mol. The van der Waals surface area contributed by atoms with Crippen LogP contribution in [0, 0.1) is 6.92 Å². The number of carbonyl (C=O) groups excluding carboxylic acids is 1. The Hall–Kier alpha value is -2.05. The molecule has 3 rings (SSSR count). The first-order valence-corrected chi connectivity index (χ1v) is 8.89. The van der Waals surface area contributed by atoms with Crippen molar-refractivity contribution in [3.05, 3.63) is 46.3 Å². The second kappa shape index (κ2) is 9.05. The minimum absolute atomic E-state index is 0. The molecule has 1 amide bonds. The van der Waals surface area contributed by atoms with Gasteiger partial charge in [-0.3, -0.25) is 9.89 Å². The van der Waals surface area contributed by atoms with Gasteiger partial charge in [-0.1, -0.05) is 19.1 Å². The molecule has 1 aromatic carbocycles. The third-order valence-electron chi connectivity index (χ3n) is 4.59. The van der Waals surface area contributed by atoms with Crippen LogP contribution in [0.5, 0.6) is 5.75 Å². The van der Waals surface area contributed by atoms with Gasteiger partial charge in [0.2, 0.25) is 0 Å². The molecule has 2 aromatic rings. The van der Waals surface area contributed by atoms with Crippen molar-refractivity contribution in [3.8, 4) is 5.75 Å². The molecule has 6 nitrogen and oxygen atoms in total. The van der Waals surface area contributed by atoms with Crippen LogP contribution >= 0.6 is 12.4 Å². The van der Waals surface area contributed by atoms with E-state index in [1.54, 1.807) is 0 Å². The molecule has 0 spiro atoms. The number of fused-ring (bicyclic) bond motifs is 1. The zero-order valence-electron chi connectivity index (χ0n) is 15.5. The number of hydrogen-bond acceptors (Lipinski definition) is 4. The number of hydrogen-bond donors (Lipinski definition) is 3. The van der Waals surface area contributed by atoms with Gasteiger partial charge in [0.25, 0.3) is 5.91 Å². The maximum absolute atomic E-state index is 12.5. The highest BCUT2D eigenvalue weighted by Crippen LogP contribution is 2.22. The van der Waals surface area contributed by atoms with Crippen molar-refractivity contribution in [1.29, 1.82) is 0 Å². The fourth-order valence-electron chi connectivity index (χ4n) is 2.89. The summed E-state index contributed by atoms with van der Waals surface area (Å²) in [7, 11) is 0. The molecule has 0 saturated heterocycles. The van der Waals surface area contributed by atoms with Crippen molar-refractivity contribution in [2.24, 2.45) is 0 Å². The number of nitrogens with zero attached hydrogens (tertiary/aromatic N) is 1. The number of aryl methyl sites for hydroxylation is 1. The fourth-order valence-corrected chi connectivity index (χ4v) is 2.89. The quantitative estimate of drug-likeness (QED) is 0.722. The van der Waals surface area contributed by atoms with E-state index in [4.69, 9.17) is 4.74 Å². The maximum atomic E-state index is 12.5. The van der Waals surface area contributed by atoms with E-state index in [-0.39, 0.29) is 24.4 Å². The number of aromatic nitrogens is 2. The third kappa shape index (κ3) is 4.56. The van der Waals surface area contributed by atoms with Gasteiger partial charge in [0.05, 0.1) is 6.10 Å². The number of amides is 1. The Bertz CT molecular complexity index is 760. The zero-order valence-corrected chi connectivity index (χ0v) is 16.3. The molecular weight excluding hydrogens is 352 g/mol. The Kier molecular flexibility index (Phi) is 7.06. The lowest BCUT2D eigenvalue weighted by atomic mass is 10.1. The Morgan fingerprint density at radius 1 is 1.42 bits per heavy atom. The molecule has 0 saturated carbocycles. The van der Waals surface area contributed by atoms with E-state index in [1.807, 2.05) is 32.0 Å². The minimum Gasteiger partial charge on any atom is -0.490 e. The predicted octanol–water partition coefficient (Wildman–Crippen LogP) is 2.89. The van der Waals surface area contributed by atoms with Crippen LogP contribution in [-0.4, -0.2) is 28.8 Å². The molecule has 1 unspecified atom stereocenters. The molecular formula is C19H27ClN4O2. The van der Waals surface area contributed by atoms with Gasteiger partial charge in [0.15, 0.2) is 5.69 Å². The minimum atomic E-state index is -0.156. The summed E-state index contributed by atoms with van der Waals surface area (Å²) in [6.45, 7) is 8.19. The molecule has 1 aliphatic rings. The van der Waals surface area contributed by atoms with Crippen LogP contribution < -0.4 is 15.4 Å². The smallest absolute Gasteiger partial charge is 0.272 e. The van der Waals surface area contributed by atoms with E-state index in [0.29, 0.717) is 18.8 Å². The lowest BCUT2D eigenvalue weighted by Crippen LogP contribution is -2.28. The van der Waals surface area contributed by atoms with Crippen LogP contribution in [0.3, 0.4) is 0 Å². The number of halogens is 1.